The maximum Gasteiger partial charge on any atom is 0.406 e. The van der Waals surface area contributed by atoms with Crippen LogP contribution in [0.2, 0.25) is 0 Å². The fraction of sp³-hybridized carbons (Fsp3) is 0.900. The van der Waals surface area contributed by atoms with Gasteiger partial charge in [-0.1, -0.05) is 33.1 Å². The highest BCUT2D eigenvalue weighted by Gasteiger charge is 1.97. The third-order valence-electron chi connectivity index (χ3n) is 1.86. The Labute approximate surface area is 80.8 Å². The molecule has 0 spiro atoms. The summed E-state index contributed by atoms with van der Waals surface area (Å²) in [7, 11) is 1.57. The molecule has 0 aromatic heterocycles. The normalized spacial score (nSPS) is 10.2. The summed E-state index contributed by atoms with van der Waals surface area (Å²) in [5.74, 6) is 0.778. The molecule has 0 aromatic carbocycles. The minimum Gasteiger partial charge on any atom is -0.450 e. The van der Waals surface area contributed by atoms with Gasteiger partial charge < -0.3 is 10.1 Å². The molecule has 0 heterocycles. The van der Waals surface area contributed by atoms with E-state index in [1.54, 1.807) is 7.05 Å². The van der Waals surface area contributed by atoms with Gasteiger partial charge in [0.25, 0.3) is 0 Å². The number of alkyl carbamates (subject to hydrolysis) is 1. The van der Waals surface area contributed by atoms with Crippen LogP contribution in [-0.2, 0) is 4.74 Å². The SMILES string of the molecule is CNC(=O)OCCCCCC(C)C. The minimum atomic E-state index is -0.330. The molecular formula is C10H21NO2. The molecule has 0 aromatic rings. The minimum absolute atomic E-state index is 0.330. The van der Waals surface area contributed by atoms with Crippen molar-refractivity contribution in [1.82, 2.24) is 5.32 Å². The molecule has 0 saturated carbocycles. The highest BCUT2D eigenvalue weighted by molar-refractivity contribution is 5.66. The van der Waals surface area contributed by atoms with Crippen molar-refractivity contribution in [3.63, 3.8) is 0 Å². The fourth-order valence-corrected chi connectivity index (χ4v) is 1.07. The summed E-state index contributed by atoms with van der Waals surface area (Å²) in [6.45, 7) is 4.99. The Hall–Kier alpha value is -0.730. The zero-order chi connectivity index (χ0) is 10.1. The summed E-state index contributed by atoms with van der Waals surface area (Å²) < 4.78 is 4.85. The Balaban J connectivity index is 3.04. The van der Waals surface area contributed by atoms with Gasteiger partial charge in [-0.2, -0.15) is 0 Å². The lowest BCUT2D eigenvalue weighted by Crippen LogP contribution is -2.19. The van der Waals surface area contributed by atoms with Gasteiger partial charge in [0, 0.05) is 7.05 Å². The van der Waals surface area contributed by atoms with E-state index in [4.69, 9.17) is 4.74 Å². The topological polar surface area (TPSA) is 38.3 Å². The predicted octanol–water partition coefficient (Wildman–Crippen LogP) is 2.56. The molecule has 1 N–H and O–H groups in total. The Morgan fingerprint density at radius 1 is 1.31 bits per heavy atom. The summed E-state index contributed by atoms with van der Waals surface area (Å²) in [5.41, 5.74) is 0. The number of rotatable bonds is 6. The summed E-state index contributed by atoms with van der Waals surface area (Å²) in [4.78, 5) is 10.6. The zero-order valence-corrected chi connectivity index (χ0v) is 8.93. The molecular weight excluding hydrogens is 166 g/mol. The van der Waals surface area contributed by atoms with E-state index in [2.05, 4.69) is 19.2 Å². The number of nitrogens with one attached hydrogen (secondary N) is 1. The van der Waals surface area contributed by atoms with Gasteiger partial charge in [0.2, 0.25) is 0 Å². The van der Waals surface area contributed by atoms with Crippen molar-refractivity contribution < 1.29 is 9.53 Å². The van der Waals surface area contributed by atoms with Crippen LogP contribution in [0.4, 0.5) is 4.79 Å². The van der Waals surface area contributed by atoms with Gasteiger partial charge in [0.1, 0.15) is 0 Å². The second kappa shape index (κ2) is 7.90. The van der Waals surface area contributed by atoms with Crippen LogP contribution >= 0.6 is 0 Å². The van der Waals surface area contributed by atoms with Crippen molar-refractivity contribution >= 4 is 6.09 Å². The zero-order valence-electron chi connectivity index (χ0n) is 8.93. The molecule has 78 valence electrons. The van der Waals surface area contributed by atoms with Gasteiger partial charge in [0.15, 0.2) is 0 Å². The van der Waals surface area contributed by atoms with E-state index < -0.39 is 0 Å². The van der Waals surface area contributed by atoms with Crippen molar-refractivity contribution in [2.24, 2.45) is 5.92 Å². The van der Waals surface area contributed by atoms with E-state index in [1.807, 2.05) is 0 Å². The second-order valence-electron chi connectivity index (χ2n) is 3.63. The molecule has 0 aliphatic carbocycles. The van der Waals surface area contributed by atoms with Crippen molar-refractivity contribution in [2.45, 2.75) is 39.5 Å². The van der Waals surface area contributed by atoms with Crippen LogP contribution in [0.3, 0.4) is 0 Å². The van der Waals surface area contributed by atoms with Crippen molar-refractivity contribution in [2.75, 3.05) is 13.7 Å². The van der Waals surface area contributed by atoms with Crippen LogP contribution in [0.15, 0.2) is 0 Å². The van der Waals surface area contributed by atoms with Crippen molar-refractivity contribution in [3.05, 3.63) is 0 Å². The van der Waals surface area contributed by atoms with E-state index in [0.29, 0.717) is 6.61 Å². The Kier molecular flexibility index (Phi) is 7.45. The van der Waals surface area contributed by atoms with Crippen LogP contribution < -0.4 is 5.32 Å². The second-order valence-corrected chi connectivity index (χ2v) is 3.63. The van der Waals surface area contributed by atoms with Gasteiger partial charge in [-0.3, -0.25) is 0 Å². The third-order valence-corrected chi connectivity index (χ3v) is 1.86. The first-order chi connectivity index (χ1) is 6.16. The summed E-state index contributed by atoms with van der Waals surface area (Å²) in [6.07, 6.45) is 4.29. The number of hydrogen-bond donors (Lipinski definition) is 1. The molecule has 0 rings (SSSR count). The lowest BCUT2D eigenvalue weighted by molar-refractivity contribution is 0.146. The summed E-state index contributed by atoms with van der Waals surface area (Å²) in [5, 5.41) is 2.41. The van der Waals surface area contributed by atoms with Crippen molar-refractivity contribution in [3.8, 4) is 0 Å². The molecule has 0 atom stereocenters. The van der Waals surface area contributed by atoms with Gasteiger partial charge >= 0.3 is 6.09 Å². The molecule has 0 fully saturated rings. The smallest absolute Gasteiger partial charge is 0.406 e. The Bertz CT molecular complexity index is 135. The Morgan fingerprint density at radius 2 is 2.00 bits per heavy atom. The maximum absolute atomic E-state index is 10.6. The first-order valence-electron chi connectivity index (χ1n) is 5.01. The number of ether oxygens (including phenoxy) is 1. The quantitative estimate of drug-likeness (QED) is 0.649. The van der Waals surface area contributed by atoms with Crippen LogP contribution in [0.1, 0.15) is 39.5 Å². The lowest BCUT2D eigenvalue weighted by atomic mass is 10.1. The van der Waals surface area contributed by atoms with Crippen molar-refractivity contribution in [1.29, 1.82) is 0 Å². The van der Waals surface area contributed by atoms with Crippen LogP contribution in [0, 0.1) is 5.92 Å². The highest BCUT2D eigenvalue weighted by atomic mass is 16.5. The van der Waals surface area contributed by atoms with Crippen LogP contribution in [0.5, 0.6) is 0 Å². The molecule has 0 unspecified atom stereocenters. The summed E-state index contributed by atoms with van der Waals surface area (Å²) in [6, 6.07) is 0. The predicted molar refractivity (Wildman–Crippen MR) is 53.7 cm³/mol. The monoisotopic (exact) mass is 187 g/mol. The maximum atomic E-state index is 10.6. The third kappa shape index (κ3) is 9.18. The number of hydrogen-bond acceptors (Lipinski definition) is 2. The molecule has 1 amide bonds. The molecule has 0 bridgehead atoms. The molecule has 0 saturated heterocycles. The number of carbonyl (C=O) groups excluding carboxylic acids is 1. The molecule has 0 radical (unpaired) electrons. The van der Waals surface area contributed by atoms with Crippen LogP contribution in [0.25, 0.3) is 0 Å². The first-order valence-corrected chi connectivity index (χ1v) is 5.01. The molecule has 0 aliphatic heterocycles. The molecule has 0 aliphatic rings. The fourth-order valence-electron chi connectivity index (χ4n) is 1.07. The van der Waals surface area contributed by atoms with E-state index in [9.17, 15) is 4.79 Å². The van der Waals surface area contributed by atoms with E-state index in [-0.39, 0.29) is 6.09 Å². The van der Waals surface area contributed by atoms with E-state index >= 15 is 0 Å². The van der Waals surface area contributed by atoms with E-state index in [0.717, 1.165) is 18.8 Å². The average molecular weight is 187 g/mol. The van der Waals surface area contributed by atoms with Gasteiger partial charge in [-0.25, -0.2) is 4.79 Å². The summed E-state index contributed by atoms with van der Waals surface area (Å²) >= 11 is 0. The van der Waals surface area contributed by atoms with Crippen LogP contribution in [-0.4, -0.2) is 19.7 Å². The average Bonchev–Trinajstić information content (AvgIpc) is 2.10. The number of carbonyl (C=O) groups is 1. The highest BCUT2D eigenvalue weighted by Crippen LogP contribution is 2.07. The first kappa shape index (κ1) is 12.3. The standard InChI is InChI=1S/C10H21NO2/c1-9(2)7-5-4-6-8-13-10(12)11-3/h9H,4-8H2,1-3H3,(H,11,12). The number of amides is 1. The molecule has 3 heteroatoms. The van der Waals surface area contributed by atoms with Gasteiger partial charge in [0.05, 0.1) is 6.61 Å². The number of unbranched alkanes of at least 4 members (excludes halogenated alkanes) is 2. The molecule has 3 nitrogen and oxygen atoms in total. The Morgan fingerprint density at radius 3 is 2.54 bits per heavy atom. The van der Waals surface area contributed by atoms with Gasteiger partial charge in [-0.05, 0) is 12.3 Å². The largest absolute Gasteiger partial charge is 0.450 e. The molecule has 13 heavy (non-hydrogen) atoms. The van der Waals surface area contributed by atoms with E-state index in [1.165, 1.54) is 12.8 Å². The van der Waals surface area contributed by atoms with Gasteiger partial charge in [-0.15, -0.1) is 0 Å². The lowest BCUT2D eigenvalue weighted by Gasteiger charge is -2.05.